The second-order valence-corrected chi connectivity index (χ2v) is 5.17. The van der Waals surface area contributed by atoms with Gasteiger partial charge in [-0.2, -0.15) is 0 Å². The highest BCUT2D eigenvalue weighted by Crippen LogP contribution is 2.25. The summed E-state index contributed by atoms with van der Waals surface area (Å²) in [6, 6.07) is 4.91. The van der Waals surface area contributed by atoms with E-state index in [-0.39, 0.29) is 17.1 Å². The molecule has 0 saturated carbocycles. The minimum atomic E-state index is -4.80. The van der Waals surface area contributed by atoms with E-state index in [9.17, 15) is 22.8 Å². The topological polar surface area (TPSA) is 60.3 Å². The molecule has 0 spiro atoms. The van der Waals surface area contributed by atoms with Gasteiger partial charge in [-0.1, -0.05) is 17.4 Å². The number of nitrogens with one attached hydrogen (secondary N) is 1. The molecule has 0 aliphatic carbocycles. The second-order valence-electron chi connectivity index (χ2n) is 4.35. The molecule has 1 heterocycles. The third kappa shape index (κ3) is 4.35. The van der Waals surface area contributed by atoms with Crippen LogP contribution in [0.5, 0.6) is 5.75 Å². The van der Waals surface area contributed by atoms with Crippen molar-refractivity contribution in [2.75, 3.05) is 5.32 Å². The number of ether oxygens (including phenoxy) is 1. The average molecular weight is 332 g/mol. The van der Waals surface area contributed by atoms with Gasteiger partial charge in [0, 0.05) is 22.8 Å². The number of hydrogen-bond acceptors (Lipinski definition) is 4. The number of rotatable bonds is 4. The predicted octanol–water partition coefficient (Wildman–Crippen LogP) is 2.76. The number of alkyl halides is 3. The predicted molar refractivity (Wildman–Crippen MR) is 75.1 cm³/mol. The van der Waals surface area contributed by atoms with E-state index in [0.29, 0.717) is 5.69 Å². The lowest BCUT2D eigenvalue weighted by Gasteiger charge is -2.11. The van der Waals surface area contributed by atoms with Crippen LogP contribution < -0.4 is 14.9 Å². The van der Waals surface area contributed by atoms with Crippen LogP contribution in [0.2, 0.25) is 0 Å². The zero-order chi connectivity index (χ0) is 16.3. The molecule has 0 fully saturated rings. The number of hydrogen-bond donors (Lipinski definition) is 1. The molecule has 1 N–H and O–H groups in total. The van der Waals surface area contributed by atoms with E-state index in [1.165, 1.54) is 16.7 Å². The molecule has 2 rings (SSSR count). The third-order valence-electron chi connectivity index (χ3n) is 2.63. The first-order chi connectivity index (χ1) is 10.2. The molecule has 1 aromatic heterocycles. The highest BCUT2D eigenvalue weighted by Gasteiger charge is 2.31. The van der Waals surface area contributed by atoms with Crippen molar-refractivity contribution in [1.29, 1.82) is 0 Å². The second kappa shape index (κ2) is 6.22. The maximum Gasteiger partial charge on any atom is 0.573 e. The molecule has 2 aromatic rings. The zero-order valence-corrected chi connectivity index (χ0v) is 12.1. The van der Waals surface area contributed by atoms with Crippen molar-refractivity contribution >= 4 is 22.9 Å². The van der Waals surface area contributed by atoms with Crippen LogP contribution in [0.3, 0.4) is 0 Å². The van der Waals surface area contributed by atoms with E-state index in [1.807, 2.05) is 0 Å². The quantitative estimate of drug-likeness (QED) is 0.936. The molecule has 22 heavy (non-hydrogen) atoms. The highest BCUT2D eigenvalue weighted by molar-refractivity contribution is 7.07. The van der Waals surface area contributed by atoms with Crippen LogP contribution in [0.4, 0.5) is 18.9 Å². The van der Waals surface area contributed by atoms with Gasteiger partial charge in [-0.15, -0.1) is 13.2 Å². The van der Waals surface area contributed by atoms with Crippen LogP contribution in [0.25, 0.3) is 0 Å². The first-order valence-corrected chi connectivity index (χ1v) is 6.93. The summed E-state index contributed by atoms with van der Waals surface area (Å²) in [5.74, 6) is -0.957. The van der Waals surface area contributed by atoms with Gasteiger partial charge in [-0.05, 0) is 19.1 Å². The van der Waals surface area contributed by atoms with E-state index < -0.39 is 18.0 Å². The molecule has 0 unspecified atom stereocenters. The molecule has 0 radical (unpaired) electrons. The molecule has 1 aromatic carbocycles. The summed E-state index contributed by atoms with van der Waals surface area (Å²) in [5.41, 5.74) is 0.784. The van der Waals surface area contributed by atoms with Crippen LogP contribution in [0, 0.1) is 6.92 Å². The molecule has 118 valence electrons. The number of halogens is 3. The van der Waals surface area contributed by atoms with Crippen molar-refractivity contribution in [3.05, 3.63) is 45.0 Å². The molecule has 0 aliphatic heterocycles. The Hall–Kier alpha value is -2.29. The molecule has 9 heteroatoms. The first-order valence-electron chi connectivity index (χ1n) is 6.05. The van der Waals surface area contributed by atoms with Crippen LogP contribution >= 0.6 is 11.3 Å². The number of aryl methyl sites for hydroxylation is 1. The maximum absolute atomic E-state index is 12.1. The summed E-state index contributed by atoms with van der Waals surface area (Å²) < 4.78 is 41.4. The normalized spacial score (nSPS) is 11.3. The van der Waals surface area contributed by atoms with Gasteiger partial charge < -0.3 is 10.1 Å². The summed E-state index contributed by atoms with van der Waals surface area (Å²) >= 11 is 0.971. The summed E-state index contributed by atoms with van der Waals surface area (Å²) in [7, 11) is 0. The summed E-state index contributed by atoms with van der Waals surface area (Å²) in [6.07, 6.45) is -4.80. The van der Waals surface area contributed by atoms with E-state index in [4.69, 9.17) is 0 Å². The Morgan fingerprint density at radius 3 is 2.73 bits per heavy atom. The molecular weight excluding hydrogens is 321 g/mol. The van der Waals surface area contributed by atoms with E-state index >= 15 is 0 Å². The van der Waals surface area contributed by atoms with Crippen LogP contribution in [-0.4, -0.2) is 16.8 Å². The number of anilines is 1. The Balaban J connectivity index is 2.06. The van der Waals surface area contributed by atoms with E-state index in [2.05, 4.69) is 10.1 Å². The molecular formula is C13H11F3N2O3S. The molecule has 1 amide bonds. The minimum Gasteiger partial charge on any atom is -0.406 e. The van der Waals surface area contributed by atoms with Gasteiger partial charge in [0.05, 0.1) is 0 Å². The Morgan fingerprint density at radius 2 is 2.14 bits per heavy atom. The average Bonchev–Trinajstić information content (AvgIpc) is 2.69. The molecule has 0 atom stereocenters. The number of nitrogens with zero attached hydrogens (tertiary/aromatic N) is 1. The maximum atomic E-state index is 12.1. The number of carbonyl (C=O) groups excluding carboxylic acids is 1. The number of thiazole rings is 1. The van der Waals surface area contributed by atoms with Gasteiger partial charge in [0.15, 0.2) is 0 Å². The summed E-state index contributed by atoms with van der Waals surface area (Å²) in [4.78, 5) is 23.1. The van der Waals surface area contributed by atoms with Gasteiger partial charge in [-0.25, -0.2) is 0 Å². The van der Waals surface area contributed by atoms with Crippen molar-refractivity contribution < 1.29 is 22.7 Å². The number of benzene rings is 1. The van der Waals surface area contributed by atoms with Crippen molar-refractivity contribution in [3.63, 3.8) is 0 Å². The Morgan fingerprint density at radius 1 is 1.41 bits per heavy atom. The first kappa shape index (κ1) is 16.1. The summed E-state index contributed by atoms with van der Waals surface area (Å²) in [6.45, 7) is 1.47. The molecule has 0 aliphatic rings. The Kier molecular flexibility index (Phi) is 4.55. The summed E-state index contributed by atoms with van der Waals surface area (Å²) in [5, 5.41) is 4.04. The largest absolute Gasteiger partial charge is 0.573 e. The van der Waals surface area contributed by atoms with Gasteiger partial charge >= 0.3 is 11.2 Å². The van der Waals surface area contributed by atoms with Crippen molar-refractivity contribution in [1.82, 2.24) is 4.57 Å². The highest BCUT2D eigenvalue weighted by atomic mass is 32.1. The van der Waals surface area contributed by atoms with E-state index in [0.717, 1.165) is 23.5 Å². The number of aromatic nitrogens is 1. The molecule has 5 nitrogen and oxygen atoms in total. The lowest BCUT2D eigenvalue weighted by atomic mass is 10.3. The zero-order valence-electron chi connectivity index (χ0n) is 11.3. The van der Waals surface area contributed by atoms with Crippen LogP contribution in [0.1, 0.15) is 5.69 Å². The van der Waals surface area contributed by atoms with Crippen molar-refractivity contribution in [2.24, 2.45) is 0 Å². The molecule has 0 bridgehead atoms. The number of carbonyl (C=O) groups is 1. The fourth-order valence-electron chi connectivity index (χ4n) is 1.71. The third-order valence-corrected chi connectivity index (χ3v) is 3.51. The minimum absolute atomic E-state index is 0.146. The van der Waals surface area contributed by atoms with Crippen molar-refractivity contribution in [2.45, 2.75) is 19.8 Å². The smallest absolute Gasteiger partial charge is 0.406 e. The van der Waals surface area contributed by atoms with Crippen LogP contribution in [-0.2, 0) is 11.3 Å². The number of amides is 1. The fourth-order valence-corrected chi connectivity index (χ4v) is 2.45. The Labute approximate surface area is 127 Å². The van der Waals surface area contributed by atoms with E-state index in [1.54, 1.807) is 12.3 Å². The van der Waals surface area contributed by atoms with Gasteiger partial charge in [0.25, 0.3) is 0 Å². The van der Waals surface area contributed by atoms with Crippen LogP contribution in [0.15, 0.2) is 34.4 Å². The lowest BCUT2D eigenvalue weighted by Crippen LogP contribution is -2.25. The standard InChI is InChI=1S/C13H11F3N2O3S/c1-8-7-22-12(20)18(8)6-11(19)17-9-3-2-4-10(5-9)21-13(14,15)16/h2-5,7H,6H2,1H3,(H,17,19). The molecule has 0 saturated heterocycles. The Bertz CT molecular complexity index is 737. The van der Waals surface area contributed by atoms with Gasteiger partial charge in [-0.3, -0.25) is 14.2 Å². The fraction of sp³-hybridized carbons (Fsp3) is 0.231. The van der Waals surface area contributed by atoms with Crippen molar-refractivity contribution in [3.8, 4) is 5.75 Å². The monoisotopic (exact) mass is 332 g/mol. The van der Waals surface area contributed by atoms with Gasteiger partial charge in [0.2, 0.25) is 5.91 Å². The van der Waals surface area contributed by atoms with Gasteiger partial charge in [0.1, 0.15) is 12.3 Å². The lowest BCUT2D eigenvalue weighted by molar-refractivity contribution is -0.274. The SMILES string of the molecule is Cc1csc(=O)n1CC(=O)Nc1cccc(OC(F)(F)F)c1.